The van der Waals surface area contributed by atoms with Gasteiger partial charge in [-0.1, -0.05) is 0 Å². The average molecular weight is 499 g/mol. The van der Waals surface area contributed by atoms with Crippen LogP contribution in [0.15, 0.2) is 95.8 Å². The number of hydroxylamine groups is 2. The van der Waals surface area contributed by atoms with Crippen LogP contribution in [0.3, 0.4) is 0 Å². The zero-order valence-electron chi connectivity index (χ0n) is 21.1. The van der Waals surface area contributed by atoms with E-state index in [0.29, 0.717) is 10.9 Å². The fraction of sp³-hybridized carbons (Fsp3) is 0.267. The van der Waals surface area contributed by atoms with Crippen LogP contribution >= 0.6 is 6.98 Å². The molecule has 0 amide bonds. The van der Waals surface area contributed by atoms with Gasteiger partial charge >= 0.3 is 212 Å². The van der Waals surface area contributed by atoms with Gasteiger partial charge in [0.15, 0.2) is 0 Å². The second kappa shape index (κ2) is 7.77. The molecule has 3 aliphatic heterocycles. The molecule has 184 valence electrons. The fourth-order valence-corrected chi connectivity index (χ4v) is 12.1. The number of benzene rings is 3. The SMILES string of the molecule is CC(=O)C1=C(C(C)=O)P2(C)(C)ON3CCc4ccccc4C3N2C1(c1ccccc1)c1ccccc1. The number of hydrogen-bond donors (Lipinski definition) is 0. The molecule has 1 fully saturated rings. The zero-order valence-corrected chi connectivity index (χ0v) is 22.0. The molecule has 6 heteroatoms. The summed E-state index contributed by atoms with van der Waals surface area (Å²) in [7, 11) is 0. The van der Waals surface area contributed by atoms with Crippen LogP contribution < -0.4 is 0 Å². The first-order chi connectivity index (χ1) is 17.2. The molecular formula is C30H31N2O3P. The molecule has 36 heavy (non-hydrogen) atoms. The molecule has 1 saturated heterocycles. The number of fused-ring (bicyclic) bond motifs is 5. The van der Waals surface area contributed by atoms with Gasteiger partial charge in [-0.25, -0.2) is 0 Å². The third kappa shape index (κ3) is 2.86. The number of carbonyl (C=O) groups excluding carboxylic acids is 2. The number of rotatable bonds is 4. The summed E-state index contributed by atoms with van der Waals surface area (Å²) in [5.41, 5.74) is 3.92. The number of ketones is 2. The Balaban J connectivity index is 1.81. The Morgan fingerprint density at radius 1 is 0.833 bits per heavy atom. The summed E-state index contributed by atoms with van der Waals surface area (Å²) in [5, 5.41) is 2.62. The van der Waals surface area contributed by atoms with Crippen LogP contribution in [0.2, 0.25) is 0 Å². The van der Waals surface area contributed by atoms with Gasteiger partial charge in [-0.15, -0.1) is 0 Å². The van der Waals surface area contributed by atoms with E-state index in [4.69, 9.17) is 4.62 Å². The Morgan fingerprint density at radius 3 is 1.94 bits per heavy atom. The molecule has 6 rings (SSSR count). The van der Waals surface area contributed by atoms with Crippen LogP contribution in [0, 0.1) is 0 Å². The molecule has 0 aromatic heterocycles. The fourth-order valence-electron chi connectivity index (χ4n) is 7.03. The molecule has 3 aliphatic rings. The van der Waals surface area contributed by atoms with Gasteiger partial charge in [-0.3, -0.25) is 0 Å². The summed E-state index contributed by atoms with van der Waals surface area (Å²) in [4.78, 5) is 27.4. The van der Waals surface area contributed by atoms with E-state index in [-0.39, 0.29) is 17.7 Å². The molecule has 0 bridgehead atoms. The van der Waals surface area contributed by atoms with E-state index in [1.54, 1.807) is 13.8 Å². The van der Waals surface area contributed by atoms with E-state index < -0.39 is 12.5 Å². The maximum atomic E-state index is 13.8. The molecule has 1 atom stereocenters. The van der Waals surface area contributed by atoms with Gasteiger partial charge < -0.3 is 0 Å². The van der Waals surface area contributed by atoms with Crippen molar-refractivity contribution in [1.82, 2.24) is 9.73 Å². The first-order valence-corrected chi connectivity index (χ1v) is 15.4. The quantitative estimate of drug-likeness (QED) is 0.424. The Labute approximate surface area is 212 Å². The van der Waals surface area contributed by atoms with Gasteiger partial charge in [-0.2, -0.15) is 0 Å². The zero-order chi connectivity index (χ0) is 25.3. The molecule has 3 aromatic carbocycles. The van der Waals surface area contributed by atoms with Crippen molar-refractivity contribution in [2.75, 3.05) is 19.9 Å². The minimum absolute atomic E-state index is 0.102. The summed E-state index contributed by atoms with van der Waals surface area (Å²) in [5.74, 6) is -0.205. The average Bonchev–Trinajstić information content (AvgIpc) is 3.24. The van der Waals surface area contributed by atoms with Crippen LogP contribution in [0.4, 0.5) is 0 Å². The van der Waals surface area contributed by atoms with E-state index in [1.807, 2.05) is 36.4 Å². The van der Waals surface area contributed by atoms with E-state index >= 15 is 0 Å². The van der Waals surface area contributed by atoms with E-state index in [1.165, 1.54) is 11.1 Å². The third-order valence-corrected chi connectivity index (χ3v) is 12.3. The summed E-state index contributed by atoms with van der Waals surface area (Å²) in [6.45, 7) is 4.47. The molecular weight excluding hydrogens is 467 g/mol. The van der Waals surface area contributed by atoms with Gasteiger partial charge in [0.1, 0.15) is 0 Å². The maximum absolute atomic E-state index is 13.8. The van der Waals surface area contributed by atoms with Crippen molar-refractivity contribution >= 4 is 18.5 Å². The summed E-state index contributed by atoms with van der Waals surface area (Å²) >= 11 is 0. The van der Waals surface area contributed by atoms with Gasteiger partial charge in [0.25, 0.3) is 0 Å². The van der Waals surface area contributed by atoms with Crippen molar-refractivity contribution in [3.63, 3.8) is 0 Å². The third-order valence-electron chi connectivity index (χ3n) is 8.06. The Bertz CT molecular complexity index is 1390. The topological polar surface area (TPSA) is 49.9 Å². The Hall–Kier alpha value is -2.95. The molecule has 0 aliphatic carbocycles. The van der Waals surface area contributed by atoms with Crippen molar-refractivity contribution in [2.45, 2.75) is 32.0 Å². The van der Waals surface area contributed by atoms with Crippen molar-refractivity contribution in [1.29, 1.82) is 0 Å². The first kappa shape index (κ1) is 23.4. The molecule has 0 saturated carbocycles. The standard InChI is InChI=1S/C30H31N2O3P/c1-21(33)27-28(22(2)34)36(3,4)32(29-26-18-12-11-13-23(26)19-20-31(29)35-36)30(27,24-14-7-5-8-15-24)25-16-9-6-10-17-25/h5-18,29H,19-20H2,1-4H3. The van der Waals surface area contributed by atoms with E-state index in [0.717, 1.165) is 24.1 Å². The van der Waals surface area contributed by atoms with Crippen LogP contribution in [0.1, 0.15) is 42.3 Å². The van der Waals surface area contributed by atoms with Crippen LogP contribution in [0.5, 0.6) is 0 Å². The monoisotopic (exact) mass is 498 g/mol. The first-order valence-electron chi connectivity index (χ1n) is 12.4. The number of Topliss-reactive ketones (excluding diaryl/α,β-unsaturated/α-hetero) is 2. The number of allylic oxidation sites excluding steroid dienone is 1. The minimum atomic E-state index is -3.62. The number of nitrogens with zero attached hydrogens (tertiary/aromatic N) is 2. The molecule has 5 nitrogen and oxygen atoms in total. The van der Waals surface area contributed by atoms with Gasteiger partial charge in [0.05, 0.1) is 0 Å². The number of hydrogen-bond acceptors (Lipinski definition) is 5. The molecule has 3 aromatic rings. The molecule has 0 N–H and O–H groups in total. The molecule has 3 heterocycles. The molecule has 1 unspecified atom stereocenters. The van der Waals surface area contributed by atoms with Crippen LogP contribution in [-0.4, -0.2) is 41.2 Å². The normalized spacial score (nSPS) is 24.8. The predicted molar refractivity (Wildman–Crippen MR) is 143 cm³/mol. The molecule has 0 radical (unpaired) electrons. The van der Waals surface area contributed by atoms with Crippen molar-refractivity contribution < 1.29 is 14.2 Å². The second-order valence-electron chi connectivity index (χ2n) is 10.6. The van der Waals surface area contributed by atoms with Gasteiger partial charge in [0, 0.05) is 0 Å². The Kier molecular flexibility index (Phi) is 5.06. The summed E-state index contributed by atoms with van der Waals surface area (Å²) < 4.78 is 9.46. The van der Waals surface area contributed by atoms with Crippen LogP contribution in [-0.2, 0) is 26.2 Å². The van der Waals surface area contributed by atoms with Gasteiger partial charge in [-0.05, 0) is 0 Å². The van der Waals surface area contributed by atoms with Crippen molar-refractivity contribution in [3.05, 3.63) is 118 Å². The second-order valence-corrected chi connectivity index (χ2v) is 15.5. The predicted octanol–water partition coefficient (Wildman–Crippen LogP) is 5.82. The van der Waals surface area contributed by atoms with Gasteiger partial charge in [0.2, 0.25) is 0 Å². The van der Waals surface area contributed by atoms with E-state index in [9.17, 15) is 9.59 Å². The van der Waals surface area contributed by atoms with E-state index in [2.05, 4.69) is 71.6 Å². The number of carbonyl (C=O) groups is 2. The van der Waals surface area contributed by atoms with Crippen LogP contribution in [0.25, 0.3) is 0 Å². The van der Waals surface area contributed by atoms with Crippen molar-refractivity contribution in [2.24, 2.45) is 0 Å². The molecule has 0 spiro atoms. The van der Waals surface area contributed by atoms with Crippen molar-refractivity contribution in [3.8, 4) is 0 Å². The summed E-state index contributed by atoms with van der Waals surface area (Å²) in [6.07, 6.45) is 0.629. The summed E-state index contributed by atoms with van der Waals surface area (Å²) in [6, 6.07) is 28.8. The Morgan fingerprint density at radius 2 is 1.39 bits per heavy atom.